The van der Waals surface area contributed by atoms with Crippen molar-refractivity contribution in [3.8, 4) is 0 Å². The van der Waals surface area contributed by atoms with Crippen LogP contribution in [0.5, 0.6) is 0 Å². The predicted molar refractivity (Wildman–Crippen MR) is 71.5 cm³/mol. The Morgan fingerprint density at radius 2 is 2.24 bits per heavy atom. The van der Waals surface area contributed by atoms with E-state index >= 15 is 0 Å². The minimum Gasteiger partial charge on any atom is -0.314 e. The monoisotopic (exact) mass is 255 g/mol. The van der Waals surface area contributed by atoms with Crippen molar-refractivity contribution in [3.63, 3.8) is 0 Å². The number of nitrogens with zero attached hydrogens (tertiary/aromatic N) is 2. The number of aromatic nitrogens is 2. The summed E-state index contributed by atoms with van der Waals surface area (Å²) in [5.74, 6) is 0.654. The fourth-order valence-corrected chi connectivity index (χ4v) is 2.43. The van der Waals surface area contributed by atoms with E-state index in [-0.39, 0.29) is 0 Å². The Bertz CT molecular complexity index is 382. The second-order valence-electron chi connectivity index (χ2n) is 5.30. The maximum atomic E-state index is 6.24. The summed E-state index contributed by atoms with van der Waals surface area (Å²) in [5.41, 5.74) is 2.28. The molecule has 4 heteroatoms. The molecule has 1 saturated carbocycles. The molecule has 2 rings (SSSR count). The number of hydrogen-bond acceptors (Lipinski definition) is 2. The highest BCUT2D eigenvalue weighted by molar-refractivity contribution is 6.30. The Morgan fingerprint density at radius 1 is 1.53 bits per heavy atom. The molecule has 0 aliphatic heterocycles. The molecule has 0 bridgehead atoms. The average molecular weight is 256 g/mol. The van der Waals surface area contributed by atoms with Gasteiger partial charge in [0, 0.05) is 18.7 Å². The van der Waals surface area contributed by atoms with Crippen LogP contribution in [0.3, 0.4) is 0 Å². The summed E-state index contributed by atoms with van der Waals surface area (Å²) < 4.78 is 1.77. The Morgan fingerprint density at radius 3 is 2.76 bits per heavy atom. The van der Waals surface area contributed by atoms with E-state index in [2.05, 4.69) is 17.3 Å². The maximum absolute atomic E-state index is 6.24. The van der Waals surface area contributed by atoms with Gasteiger partial charge in [0.15, 0.2) is 0 Å². The third-order valence-electron chi connectivity index (χ3n) is 3.47. The smallest absolute Gasteiger partial charge is 0.130 e. The molecule has 0 aromatic carbocycles. The second kappa shape index (κ2) is 5.40. The van der Waals surface area contributed by atoms with E-state index in [4.69, 9.17) is 11.6 Å². The van der Waals surface area contributed by atoms with Crippen molar-refractivity contribution in [2.24, 2.45) is 13.0 Å². The van der Waals surface area contributed by atoms with Gasteiger partial charge >= 0.3 is 0 Å². The predicted octanol–water partition coefficient (Wildman–Crippen LogP) is 2.70. The van der Waals surface area contributed by atoms with Gasteiger partial charge in [-0.15, -0.1) is 0 Å². The molecular formula is C13H22ClN3. The molecule has 0 amide bonds. The molecule has 96 valence electrons. The Labute approximate surface area is 109 Å². The molecule has 1 N–H and O–H groups in total. The first-order valence-electron chi connectivity index (χ1n) is 6.49. The van der Waals surface area contributed by atoms with Crippen LogP contribution >= 0.6 is 11.6 Å². The summed E-state index contributed by atoms with van der Waals surface area (Å²) in [7, 11) is 1.90. The number of rotatable bonds is 6. The Balaban J connectivity index is 1.81. The molecule has 17 heavy (non-hydrogen) atoms. The molecule has 1 heterocycles. The first-order chi connectivity index (χ1) is 8.08. The highest BCUT2D eigenvalue weighted by Gasteiger charge is 2.20. The van der Waals surface area contributed by atoms with Gasteiger partial charge in [-0.3, -0.25) is 4.68 Å². The SMILES string of the molecule is Cc1nn(C)c(Cl)c1CC(C)CCNC1CC1. The lowest BCUT2D eigenvalue weighted by molar-refractivity contribution is 0.496. The van der Waals surface area contributed by atoms with Crippen molar-refractivity contribution in [2.45, 2.75) is 45.6 Å². The number of hydrogen-bond donors (Lipinski definition) is 1. The maximum Gasteiger partial charge on any atom is 0.130 e. The highest BCUT2D eigenvalue weighted by Crippen LogP contribution is 2.23. The van der Waals surface area contributed by atoms with E-state index in [0.29, 0.717) is 5.92 Å². The van der Waals surface area contributed by atoms with Crippen LogP contribution in [0.4, 0.5) is 0 Å². The van der Waals surface area contributed by atoms with Gasteiger partial charge in [0.25, 0.3) is 0 Å². The normalized spacial score (nSPS) is 17.4. The van der Waals surface area contributed by atoms with Gasteiger partial charge in [-0.1, -0.05) is 18.5 Å². The van der Waals surface area contributed by atoms with Gasteiger partial charge < -0.3 is 5.32 Å². The summed E-state index contributed by atoms with van der Waals surface area (Å²) in [6, 6.07) is 0.811. The minimum atomic E-state index is 0.654. The second-order valence-corrected chi connectivity index (χ2v) is 5.66. The van der Waals surface area contributed by atoms with Gasteiger partial charge in [-0.25, -0.2) is 0 Å². The average Bonchev–Trinajstić information content (AvgIpc) is 3.04. The first kappa shape index (κ1) is 12.9. The van der Waals surface area contributed by atoms with Gasteiger partial charge in [0.2, 0.25) is 0 Å². The van der Waals surface area contributed by atoms with Crippen molar-refractivity contribution < 1.29 is 0 Å². The van der Waals surface area contributed by atoms with E-state index in [1.165, 1.54) is 24.8 Å². The molecule has 0 saturated heterocycles. The van der Waals surface area contributed by atoms with Gasteiger partial charge in [0.05, 0.1) is 5.69 Å². The van der Waals surface area contributed by atoms with Crippen LogP contribution in [-0.4, -0.2) is 22.4 Å². The van der Waals surface area contributed by atoms with Crippen LogP contribution in [0.15, 0.2) is 0 Å². The molecule has 0 radical (unpaired) electrons. The number of halogens is 1. The lowest BCUT2D eigenvalue weighted by Gasteiger charge is -2.11. The molecule has 1 unspecified atom stereocenters. The minimum absolute atomic E-state index is 0.654. The Kier molecular flexibility index (Phi) is 4.10. The van der Waals surface area contributed by atoms with E-state index in [1.54, 1.807) is 4.68 Å². The van der Waals surface area contributed by atoms with Crippen molar-refractivity contribution in [3.05, 3.63) is 16.4 Å². The van der Waals surface area contributed by atoms with Gasteiger partial charge in [-0.05, 0) is 45.1 Å². The van der Waals surface area contributed by atoms with Crippen LogP contribution < -0.4 is 5.32 Å². The van der Waals surface area contributed by atoms with E-state index in [1.807, 2.05) is 14.0 Å². The van der Waals surface area contributed by atoms with E-state index in [0.717, 1.165) is 29.9 Å². The quantitative estimate of drug-likeness (QED) is 0.847. The Hall–Kier alpha value is -0.540. The molecule has 1 aliphatic rings. The van der Waals surface area contributed by atoms with Crippen molar-refractivity contribution in [1.29, 1.82) is 0 Å². The zero-order valence-corrected chi connectivity index (χ0v) is 11.7. The summed E-state index contributed by atoms with van der Waals surface area (Å²) in [4.78, 5) is 0. The number of nitrogens with one attached hydrogen (secondary N) is 1. The topological polar surface area (TPSA) is 29.9 Å². The third-order valence-corrected chi connectivity index (χ3v) is 3.94. The molecule has 3 nitrogen and oxygen atoms in total. The molecular weight excluding hydrogens is 234 g/mol. The van der Waals surface area contributed by atoms with E-state index < -0.39 is 0 Å². The van der Waals surface area contributed by atoms with Gasteiger partial charge in [-0.2, -0.15) is 5.10 Å². The lowest BCUT2D eigenvalue weighted by Crippen LogP contribution is -2.20. The zero-order valence-electron chi connectivity index (χ0n) is 11.0. The largest absolute Gasteiger partial charge is 0.314 e. The standard InChI is InChI=1S/C13H22ClN3/c1-9(6-7-15-11-4-5-11)8-12-10(2)16-17(3)13(12)14/h9,11,15H,4-8H2,1-3H3. The number of aryl methyl sites for hydroxylation is 2. The summed E-state index contributed by atoms with van der Waals surface area (Å²) in [6.45, 7) is 5.45. The zero-order chi connectivity index (χ0) is 12.4. The van der Waals surface area contributed by atoms with Crippen molar-refractivity contribution in [1.82, 2.24) is 15.1 Å². The van der Waals surface area contributed by atoms with Crippen LogP contribution in [-0.2, 0) is 13.5 Å². The van der Waals surface area contributed by atoms with Crippen LogP contribution in [0.25, 0.3) is 0 Å². The fraction of sp³-hybridized carbons (Fsp3) is 0.769. The summed E-state index contributed by atoms with van der Waals surface area (Å²) in [5, 5.41) is 8.70. The van der Waals surface area contributed by atoms with Crippen LogP contribution in [0.1, 0.15) is 37.4 Å². The van der Waals surface area contributed by atoms with Crippen molar-refractivity contribution in [2.75, 3.05) is 6.54 Å². The van der Waals surface area contributed by atoms with Crippen molar-refractivity contribution >= 4 is 11.6 Å². The molecule has 1 atom stereocenters. The van der Waals surface area contributed by atoms with E-state index in [9.17, 15) is 0 Å². The first-order valence-corrected chi connectivity index (χ1v) is 6.87. The molecule has 1 aliphatic carbocycles. The van der Waals surface area contributed by atoms with Gasteiger partial charge in [0.1, 0.15) is 5.15 Å². The third kappa shape index (κ3) is 3.46. The lowest BCUT2D eigenvalue weighted by atomic mass is 9.98. The van der Waals surface area contributed by atoms with Crippen LogP contribution in [0.2, 0.25) is 5.15 Å². The molecule has 1 aromatic rings. The highest BCUT2D eigenvalue weighted by atomic mass is 35.5. The van der Waals surface area contributed by atoms with Crippen LogP contribution in [0, 0.1) is 12.8 Å². The summed E-state index contributed by atoms with van der Waals surface area (Å²) in [6.07, 6.45) is 4.97. The fourth-order valence-electron chi connectivity index (χ4n) is 2.18. The molecule has 1 aromatic heterocycles. The summed E-state index contributed by atoms with van der Waals surface area (Å²) >= 11 is 6.24. The molecule has 1 fully saturated rings. The molecule has 0 spiro atoms.